The Balaban J connectivity index is 1.22. The summed E-state index contributed by atoms with van der Waals surface area (Å²) >= 11 is 12.0. The van der Waals surface area contributed by atoms with E-state index in [1.165, 1.54) is 30.5 Å². The van der Waals surface area contributed by atoms with Crippen LogP contribution in [0.1, 0.15) is 36.6 Å². The molecule has 0 radical (unpaired) electrons. The maximum atomic E-state index is 12.7. The highest BCUT2D eigenvalue weighted by Crippen LogP contribution is 2.32. The number of carbonyl (C=O) groups excluding carboxylic acids is 3. The first-order valence-electron chi connectivity index (χ1n) is 11.8. The zero-order valence-electron chi connectivity index (χ0n) is 20.5. The number of fused-ring (bicyclic) bond motifs is 1. The van der Waals surface area contributed by atoms with Gasteiger partial charge in [0.25, 0.3) is 11.8 Å². The van der Waals surface area contributed by atoms with Gasteiger partial charge in [0.05, 0.1) is 16.8 Å². The molecule has 0 spiro atoms. The molecule has 0 atom stereocenters. The minimum Gasteiger partial charge on any atom is -0.454 e. The summed E-state index contributed by atoms with van der Waals surface area (Å²) in [6, 6.07) is 22.3. The van der Waals surface area contributed by atoms with Crippen LogP contribution in [-0.2, 0) is 0 Å². The van der Waals surface area contributed by atoms with Crippen LogP contribution in [0.4, 0.5) is 5.69 Å². The first-order valence-corrected chi connectivity index (χ1v) is 12.5. The number of hydrogen-bond acceptors (Lipinski definition) is 7. The van der Waals surface area contributed by atoms with Crippen LogP contribution in [0.5, 0.6) is 17.2 Å². The second-order valence-corrected chi connectivity index (χ2v) is 9.20. The molecule has 0 fully saturated rings. The lowest BCUT2D eigenvalue weighted by molar-refractivity contribution is 0.0734. The van der Waals surface area contributed by atoms with E-state index < -0.39 is 11.9 Å². The highest BCUT2D eigenvalue weighted by atomic mass is 35.5. The molecule has 5 rings (SSSR count). The van der Waals surface area contributed by atoms with E-state index in [4.69, 9.17) is 37.4 Å². The quantitative estimate of drug-likeness (QED) is 0.122. The summed E-state index contributed by atoms with van der Waals surface area (Å²) in [5.41, 5.74) is 4.06. The molecule has 1 heterocycles. The van der Waals surface area contributed by atoms with Crippen LogP contribution >= 0.6 is 23.2 Å². The molecule has 0 saturated heterocycles. The van der Waals surface area contributed by atoms with Gasteiger partial charge in [-0.2, -0.15) is 5.10 Å². The monoisotopic (exact) mass is 575 g/mol. The molecule has 9 nitrogen and oxygen atoms in total. The smallest absolute Gasteiger partial charge is 0.345 e. The summed E-state index contributed by atoms with van der Waals surface area (Å²) in [6.07, 6.45) is 1.34. The van der Waals surface area contributed by atoms with E-state index >= 15 is 0 Å². The van der Waals surface area contributed by atoms with Gasteiger partial charge in [0.15, 0.2) is 11.5 Å². The third-order valence-electron chi connectivity index (χ3n) is 5.66. The van der Waals surface area contributed by atoms with Crippen LogP contribution in [0.2, 0.25) is 10.0 Å². The molecule has 0 unspecified atom stereocenters. The summed E-state index contributed by atoms with van der Waals surface area (Å²) in [7, 11) is 0. The normalized spacial score (nSPS) is 11.8. The third kappa shape index (κ3) is 6.23. The van der Waals surface area contributed by atoms with Crippen molar-refractivity contribution in [1.82, 2.24) is 5.43 Å². The van der Waals surface area contributed by atoms with Gasteiger partial charge in [-0.15, -0.1) is 0 Å². The highest BCUT2D eigenvalue weighted by molar-refractivity contribution is 6.36. The molecule has 11 heteroatoms. The fourth-order valence-corrected chi connectivity index (χ4v) is 4.18. The Labute approximate surface area is 238 Å². The lowest BCUT2D eigenvalue weighted by atomic mass is 10.1. The predicted octanol–water partition coefficient (Wildman–Crippen LogP) is 5.96. The van der Waals surface area contributed by atoms with Crippen LogP contribution in [0.15, 0.2) is 90.0 Å². The number of rotatable bonds is 7. The standard InChI is InChI=1S/C29H19Cl2N3O6/c30-20-9-10-22(23(31)14-20)29(37)40-24-7-2-1-4-19(24)15-32-34-28(36)17-5-3-6-21(12-17)33-27(35)18-8-11-25-26(13-18)39-16-38-25/h1-15H,16H2,(H,33,35)(H,34,36). The number of hydrogen-bond donors (Lipinski definition) is 2. The van der Waals surface area contributed by atoms with Crippen molar-refractivity contribution in [1.29, 1.82) is 0 Å². The highest BCUT2D eigenvalue weighted by Gasteiger charge is 2.17. The lowest BCUT2D eigenvalue weighted by Gasteiger charge is -2.09. The SMILES string of the molecule is O=C(NN=Cc1ccccc1OC(=O)c1ccc(Cl)cc1Cl)c1cccc(NC(=O)c2ccc3c(c2)OCO3)c1. The number of esters is 1. The van der Waals surface area contributed by atoms with Gasteiger partial charge in [-0.1, -0.05) is 41.4 Å². The van der Waals surface area contributed by atoms with Crippen molar-refractivity contribution in [3.8, 4) is 17.2 Å². The molecule has 40 heavy (non-hydrogen) atoms. The number of amides is 2. The average molecular weight is 576 g/mol. The van der Waals surface area contributed by atoms with E-state index in [1.54, 1.807) is 60.7 Å². The van der Waals surface area contributed by atoms with E-state index in [2.05, 4.69) is 15.8 Å². The number of ether oxygens (including phenoxy) is 3. The van der Waals surface area contributed by atoms with Gasteiger partial charge in [-0.3, -0.25) is 9.59 Å². The van der Waals surface area contributed by atoms with Crippen molar-refractivity contribution in [2.75, 3.05) is 12.1 Å². The molecule has 4 aromatic carbocycles. The fraction of sp³-hybridized carbons (Fsp3) is 0.0345. The predicted molar refractivity (Wildman–Crippen MR) is 150 cm³/mol. The molecular weight excluding hydrogens is 557 g/mol. The second-order valence-electron chi connectivity index (χ2n) is 8.35. The molecule has 4 aromatic rings. The molecule has 0 bridgehead atoms. The number of carbonyl (C=O) groups is 3. The Morgan fingerprint density at radius 3 is 2.48 bits per heavy atom. The number of halogens is 2. The van der Waals surface area contributed by atoms with Gasteiger partial charge in [-0.05, 0) is 66.7 Å². The van der Waals surface area contributed by atoms with Crippen LogP contribution in [0, 0.1) is 0 Å². The molecule has 2 amide bonds. The van der Waals surface area contributed by atoms with Gasteiger partial charge >= 0.3 is 5.97 Å². The van der Waals surface area contributed by atoms with Gasteiger partial charge in [0, 0.05) is 27.4 Å². The Morgan fingerprint density at radius 1 is 0.825 bits per heavy atom. The molecular formula is C29H19Cl2N3O6. The molecule has 2 N–H and O–H groups in total. The van der Waals surface area contributed by atoms with Gasteiger partial charge in [0.2, 0.25) is 6.79 Å². The van der Waals surface area contributed by atoms with Crippen molar-refractivity contribution < 1.29 is 28.6 Å². The zero-order valence-corrected chi connectivity index (χ0v) is 22.0. The van der Waals surface area contributed by atoms with E-state index in [1.807, 2.05) is 0 Å². The zero-order chi connectivity index (χ0) is 28.1. The number of hydrazone groups is 1. The molecule has 0 aliphatic carbocycles. The Morgan fingerprint density at radius 2 is 1.62 bits per heavy atom. The Bertz CT molecular complexity index is 1660. The molecule has 0 aromatic heterocycles. The number of anilines is 1. The number of nitrogens with one attached hydrogen (secondary N) is 2. The minimum atomic E-state index is -0.675. The maximum absolute atomic E-state index is 12.7. The van der Waals surface area contributed by atoms with Crippen molar-refractivity contribution in [3.63, 3.8) is 0 Å². The second kappa shape index (κ2) is 11.9. The first-order chi connectivity index (χ1) is 19.4. The van der Waals surface area contributed by atoms with Crippen molar-refractivity contribution in [2.24, 2.45) is 5.10 Å². The van der Waals surface area contributed by atoms with Crippen molar-refractivity contribution in [3.05, 3.63) is 117 Å². The Hall–Kier alpha value is -4.86. The number of para-hydroxylation sites is 1. The van der Waals surface area contributed by atoms with Crippen LogP contribution in [0.25, 0.3) is 0 Å². The first kappa shape index (κ1) is 26.7. The fourth-order valence-electron chi connectivity index (χ4n) is 3.69. The van der Waals surface area contributed by atoms with Gasteiger partial charge in [-0.25, -0.2) is 10.2 Å². The summed E-state index contributed by atoms with van der Waals surface area (Å²) in [5, 5.41) is 7.29. The van der Waals surface area contributed by atoms with Crippen molar-refractivity contribution >= 4 is 52.9 Å². The topological polar surface area (TPSA) is 115 Å². The van der Waals surface area contributed by atoms with E-state index in [9.17, 15) is 14.4 Å². The van der Waals surface area contributed by atoms with E-state index in [0.717, 1.165) is 0 Å². The Kier molecular flexibility index (Phi) is 7.95. The minimum absolute atomic E-state index is 0.106. The van der Waals surface area contributed by atoms with Crippen LogP contribution in [0.3, 0.4) is 0 Å². The van der Waals surface area contributed by atoms with E-state index in [-0.39, 0.29) is 34.6 Å². The lowest BCUT2D eigenvalue weighted by Crippen LogP contribution is -2.18. The average Bonchev–Trinajstić information content (AvgIpc) is 3.42. The van der Waals surface area contributed by atoms with Crippen LogP contribution in [-0.4, -0.2) is 30.8 Å². The van der Waals surface area contributed by atoms with Crippen molar-refractivity contribution in [2.45, 2.75) is 0 Å². The summed E-state index contributed by atoms with van der Waals surface area (Å²) in [6.45, 7) is 0.106. The largest absolute Gasteiger partial charge is 0.454 e. The summed E-state index contributed by atoms with van der Waals surface area (Å²) < 4.78 is 16.1. The summed E-state index contributed by atoms with van der Waals surface area (Å²) in [5.74, 6) is -0.292. The third-order valence-corrected chi connectivity index (χ3v) is 6.21. The molecule has 200 valence electrons. The summed E-state index contributed by atoms with van der Waals surface area (Å²) in [4.78, 5) is 38.0. The van der Waals surface area contributed by atoms with Gasteiger partial charge < -0.3 is 19.5 Å². The van der Waals surface area contributed by atoms with Gasteiger partial charge in [0.1, 0.15) is 5.75 Å². The number of nitrogens with zero attached hydrogens (tertiary/aromatic N) is 1. The van der Waals surface area contributed by atoms with E-state index in [0.29, 0.717) is 33.3 Å². The maximum Gasteiger partial charge on any atom is 0.345 e. The molecule has 1 aliphatic heterocycles. The number of benzene rings is 4. The van der Waals surface area contributed by atoms with Crippen LogP contribution < -0.4 is 25.0 Å². The molecule has 0 saturated carbocycles. The molecule has 1 aliphatic rings.